The molecule has 42 heavy (non-hydrogen) atoms. The fourth-order valence-corrected chi connectivity index (χ4v) is 6.03. The zero-order valence-electron chi connectivity index (χ0n) is 23.9. The number of hydrogen-bond acceptors (Lipinski definition) is 9. The van der Waals surface area contributed by atoms with E-state index in [1.165, 1.54) is 0 Å². The third-order valence-electron chi connectivity index (χ3n) is 7.74. The first-order valence-corrected chi connectivity index (χ1v) is 14.9. The van der Waals surface area contributed by atoms with Crippen LogP contribution in [0.5, 0.6) is 11.6 Å². The van der Waals surface area contributed by atoms with Crippen LogP contribution in [0.3, 0.4) is 0 Å². The van der Waals surface area contributed by atoms with E-state index >= 15 is 0 Å². The maximum Gasteiger partial charge on any atom is 0.303 e. The number of anilines is 1. The summed E-state index contributed by atoms with van der Waals surface area (Å²) in [6.07, 6.45) is 5.35. The Morgan fingerprint density at radius 2 is 1.71 bits per heavy atom. The number of rotatable bonds is 9. The molecule has 0 radical (unpaired) electrons. The number of carboxylic acids is 1. The van der Waals surface area contributed by atoms with Crippen molar-refractivity contribution in [1.29, 1.82) is 0 Å². The molecular weight excluding hydrogens is 579 g/mol. The third kappa shape index (κ3) is 8.29. The number of pyridine rings is 1. The molecule has 0 aliphatic carbocycles. The van der Waals surface area contributed by atoms with Crippen molar-refractivity contribution in [2.24, 2.45) is 5.92 Å². The molecule has 3 aromatic rings. The lowest BCUT2D eigenvalue weighted by atomic mass is 9.93. The molecule has 0 saturated carbocycles. The van der Waals surface area contributed by atoms with Gasteiger partial charge in [0.05, 0.1) is 24.2 Å². The molecule has 1 atom stereocenters. The van der Waals surface area contributed by atoms with E-state index in [2.05, 4.69) is 31.7 Å². The van der Waals surface area contributed by atoms with Gasteiger partial charge in [0.25, 0.3) is 0 Å². The summed E-state index contributed by atoms with van der Waals surface area (Å²) in [5, 5.41) is 10.2. The van der Waals surface area contributed by atoms with Crippen LogP contribution in [0.1, 0.15) is 24.8 Å². The number of aromatic nitrogens is 3. The highest BCUT2D eigenvalue weighted by Gasteiger charge is 2.23. The second kappa shape index (κ2) is 14.0. The summed E-state index contributed by atoms with van der Waals surface area (Å²) in [7, 11) is 3.81. The van der Waals surface area contributed by atoms with Crippen LogP contribution < -0.4 is 9.64 Å². The number of nitrogens with zero attached hydrogens (tertiary/aromatic N) is 6. The molecule has 2 fully saturated rings. The van der Waals surface area contributed by atoms with E-state index < -0.39 is 5.97 Å². The third-order valence-corrected chi connectivity index (χ3v) is 8.18. The smallest absolute Gasteiger partial charge is 0.303 e. The van der Waals surface area contributed by atoms with Crippen molar-refractivity contribution in [3.05, 3.63) is 58.3 Å². The zero-order valence-corrected chi connectivity index (χ0v) is 25.4. The van der Waals surface area contributed by atoms with Gasteiger partial charge in [-0.15, -0.1) is 0 Å². The van der Waals surface area contributed by atoms with E-state index in [0.29, 0.717) is 46.4 Å². The minimum atomic E-state index is -0.732. The van der Waals surface area contributed by atoms with Gasteiger partial charge in [-0.25, -0.2) is 15.0 Å². The summed E-state index contributed by atoms with van der Waals surface area (Å²) >= 11 is 12.6. The molecule has 4 heterocycles. The van der Waals surface area contributed by atoms with Crippen molar-refractivity contribution in [3.63, 3.8) is 0 Å². The lowest BCUT2D eigenvalue weighted by Gasteiger charge is -2.31. The number of hydrogen-bond donors (Lipinski definition) is 1. The molecule has 1 N–H and O–H groups in total. The van der Waals surface area contributed by atoms with Crippen LogP contribution in [-0.4, -0.2) is 95.4 Å². The predicted molar refractivity (Wildman–Crippen MR) is 163 cm³/mol. The minimum absolute atomic E-state index is 0.0744. The molecule has 10 nitrogen and oxygen atoms in total. The van der Waals surface area contributed by atoms with Gasteiger partial charge in [0.1, 0.15) is 0 Å². The van der Waals surface area contributed by atoms with Crippen LogP contribution in [0.2, 0.25) is 10.0 Å². The Bertz CT molecular complexity index is 1350. The van der Waals surface area contributed by atoms with E-state index in [1.54, 1.807) is 25.6 Å². The first-order valence-electron chi connectivity index (χ1n) is 14.1. The van der Waals surface area contributed by atoms with Gasteiger partial charge >= 0.3 is 5.97 Å². The predicted octanol–water partition coefficient (Wildman–Crippen LogP) is 5.09. The molecule has 2 saturated heterocycles. The van der Waals surface area contributed by atoms with Gasteiger partial charge in [0, 0.05) is 67.9 Å². The Kier molecular flexibility index (Phi) is 10.1. The number of carboxylic acid groups (broad SMARTS) is 1. The number of benzene rings is 1. The summed E-state index contributed by atoms with van der Waals surface area (Å²) in [5.74, 6) is 0.999. The maximum absolute atomic E-state index is 11.1. The molecule has 1 aromatic carbocycles. The van der Waals surface area contributed by atoms with Gasteiger partial charge in [-0.05, 0) is 68.7 Å². The number of likely N-dealkylation sites (tertiary alicyclic amines) is 1. The van der Waals surface area contributed by atoms with Crippen LogP contribution in [0.15, 0.2) is 42.7 Å². The fourth-order valence-electron chi connectivity index (χ4n) is 5.51. The van der Waals surface area contributed by atoms with Gasteiger partial charge in [-0.3, -0.25) is 9.69 Å². The standard InChI is InChI=1S/C30H36Cl2N6O4/c1-36-7-8-38(19-26(18-36)41-2)30-33-15-25(16-34-30)42-28-10-21(17-37-5-3-20(4-6-37)11-29(39)40)9-27(35-28)22-12-23(31)14-24(32)13-22/h9-10,12-16,20,26H,3-8,11,17-19H2,1-2H3,(H,39,40). The lowest BCUT2D eigenvalue weighted by molar-refractivity contribution is -0.138. The van der Waals surface area contributed by atoms with E-state index in [4.69, 9.17) is 42.8 Å². The zero-order chi connectivity index (χ0) is 29.6. The average molecular weight is 616 g/mol. The number of likely N-dealkylation sites (N-methyl/N-ethyl adjacent to an activating group) is 1. The largest absolute Gasteiger partial charge is 0.481 e. The monoisotopic (exact) mass is 614 g/mol. The first kappa shape index (κ1) is 30.4. The SMILES string of the molecule is COC1CN(C)CCN(c2ncc(Oc3cc(CN4CCC(CC(=O)O)CC4)cc(-c4cc(Cl)cc(Cl)c4)n3)cn2)C1. The lowest BCUT2D eigenvalue weighted by Crippen LogP contribution is -2.35. The van der Waals surface area contributed by atoms with Crippen molar-refractivity contribution in [3.8, 4) is 22.9 Å². The molecule has 1 unspecified atom stereocenters. The molecular formula is C30H36Cl2N6O4. The van der Waals surface area contributed by atoms with Gasteiger partial charge in [-0.1, -0.05) is 23.2 Å². The second-order valence-corrected chi connectivity index (χ2v) is 11.9. The number of carbonyl (C=O) groups is 1. The van der Waals surface area contributed by atoms with Crippen molar-refractivity contribution >= 4 is 35.1 Å². The van der Waals surface area contributed by atoms with E-state index in [1.807, 2.05) is 24.3 Å². The van der Waals surface area contributed by atoms with Gasteiger partial charge in [-0.2, -0.15) is 0 Å². The van der Waals surface area contributed by atoms with Gasteiger partial charge < -0.3 is 24.4 Å². The van der Waals surface area contributed by atoms with E-state index in [-0.39, 0.29) is 18.4 Å². The minimum Gasteiger partial charge on any atom is -0.481 e. The summed E-state index contributed by atoms with van der Waals surface area (Å²) in [6.45, 7) is 5.62. The van der Waals surface area contributed by atoms with E-state index in [9.17, 15) is 4.79 Å². The molecule has 12 heteroatoms. The molecule has 224 valence electrons. The number of ether oxygens (including phenoxy) is 2. The summed E-state index contributed by atoms with van der Waals surface area (Å²) < 4.78 is 11.8. The Labute approximate surface area is 256 Å². The Balaban J connectivity index is 1.35. The van der Waals surface area contributed by atoms with Crippen LogP contribution >= 0.6 is 23.2 Å². The van der Waals surface area contributed by atoms with Crippen LogP contribution in [0.25, 0.3) is 11.3 Å². The number of piperidine rings is 1. The quantitative estimate of drug-likeness (QED) is 0.350. The molecule has 0 spiro atoms. The highest BCUT2D eigenvalue weighted by atomic mass is 35.5. The Hall–Kier alpha value is -3.02. The highest BCUT2D eigenvalue weighted by Crippen LogP contribution is 2.31. The summed E-state index contributed by atoms with van der Waals surface area (Å²) in [6, 6.07) is 9.27. The van der Waals surface area contributed by atoms with E-state index in [0.717, 1.165) is 56.7 Å². The van der Waals surface area contributed by atoms with Crippen molar-refractivity contribution < 1.29 is 19.4 Å². The Morgan fingerprint density at radius 3 is 2.38 bits per heavy atom. The first-order chi connectivity index (χ1) is 20.2. The van der Waals surface area contributed by atoms with Gasteiger partial charge in [0.15, 0.2) is 5.75 Å². The molecule has 0 bridgehead atoms. The molecule has 2 aliphatic rings. The molecule has 5 rings (SSSR count). The number of aliphatic carboxylic acids is 1. The fraction of sp³-hybridized carbons (Fsp3) is 0.467. The number of methoxy groups -OCH3 is 1. The maximum atomic E-state index is 11.1. The topological polar surface area (TPSA) is 104 Å². The number of halogens is 2. The van der Waals surface area contributed by atoms with Crippen LogP contribution in [0, 0.1) is 5.92 Å². The van der Waals surface area contributed by atoms with Crippen LogP contribution in [-0.2, 0) is 16.1 Å². The second-order valence-electron chi connectivity index (χ2n) is 11.1. The Morgan fingerprint density at radius 1 is 1.00 bits per heavy atom. The summed E-state index contributed by atoms with van der Waals surface area (Å²) in [4.78, 5) is 31.8. The average Bonchev–Trinajstić information content (AvgIpc) is 3.15. The normalized spacial score (nSPS) is 19.0. The van der Waals surface area contributed by atoms with Crippen LogP contribution in [0.4, 0.5) is 5.95 Å². The van der Waals surface area contributed by atoms with Crippen molar-refractivity contribution in [1.82, 2.24) is 24.8 Å². The molecule has 0 amide bonds. The molecule has 2 aromatic heterocycles. The summed E-state index contributed by atoms with van der Waals surface area (Å²) in [5.41, 5.74) is 2.48. The van der Waals surface area contributed by atoms with Gasteiger partial charge in [0.2, 0.25) is 11.8 Å². The van der Waals surface area contributed by atoms with Crippen molar-refractivity contribution in [2.45, 2.75) is 31.9 Å². The van der Waals surface area contributed by atoms with Crippen molar-refractivity contribution in [2.75, 3.05) is 58.3 Å². The highest BCUT2D eigenvalue weighted by molar-refractivity contribution is 6.35. The molecule has 2 aliphatic heterocycles.